The van der Waals surface area contributed by atoms with Crippen molar-refractivity contribution in [2.75, 3.05) is 27.6 Å². The van der Waals surface area contributed by atoms with Crippen LogP contribution in [-0.2, 0) is 16.0 Å². The van der Waals surface area contributed by atoms with Crippen molar-refractivity contribution in [2.24, 2.45) is 0 Å². The minimum absolute atomic E-state index is 0.104. The van der Waals surface area contributed by atoms with Crippen molar-refractivity contribution < 1.29 is 23.7 Å². The second kappa shape index (κ2) is 10.1. The third-order valence-electron chi connectivity index (χ3n) is 5.39. The third-order valence-corrected chi connectivity index (χ3v) is 6.17. The molecule has 2 aromatic rings. The smallest absolute Gasteiger partial charge is 0.306 e. The fourth-order valence-corrected chi connectivity index (χ4v) is 4.44. The number of carbonyl (C=O) groups is 1. The first kappa shape index (κ1) is 23.0. The van der Waals surface area contributed by atoms with E-state index in [-0.39, 0.29) is 11.4 Å². The van der Waals surface area contributed by atoms with E-state index in [1.165, 1.54) is 11.8 Å². The molecule has 0 amide bonds. The van der Waals surface area contributed by atoms with Gasteiger partial charge in [-0.3, -0.25) is 9.59 Å². The van der Waals surface area contributed by atoms with Gasteiger partial charge in [0.15, 0.2) is 16.9 Å². The lowest BCUT2D eigenvalue weighted by molar-refractivity contribution is -0.149. The molecule has 0 bridgehead atoms. The Bertz CT molecular complexity index is 1030. The number of ether oxygens (including phenoxy) is 4. The van der Waals surface area contributed by atoms with Crippen molar-refractivity contribution in [3.05, 3.63) is 45.6 Å². The number of rotatable bonds is 7. The lowest BCUT2D eigenvalue weighted by Crippen LogP contribution is -2.13. The topological polar surface area (TPSA) is 71.1 Å². The van der Waals surface area contributed by atoms with Crippen LogP contribution in [0, 0.1) is 0 Å². The summed E-state index contributed by atoms with van der Waals surface area (Å²) < 4.78 is 22.7. The molecule has 2 aromatic carbocycles. The molecule has 0 heterocycles. The summed E-state index contributed by atoms with van der Waals surface area (Å²) in [5, 5.41) is 0. The number of esters is 1. The molecule has 0 aromatic heterocycles. The summed E-state index contributed by atoms with van der Waals surface area (Å²) in [5.74, 6) is 1.31. The van der Waals surface area contributed by atoms with E-state index in [0.717, 1.165) is 16.7 Å². The highest BCUT2D eigenvalue weighted by Gasteiger charge is 2.30. The molecule has 7 heteroatoms. The van der Waals surface area contributed by atoms with E-state index in [9.17, 15) is 9.59 Å². The molecule has 0 N–H and O–H groups in total. The highest BCUT2D eigenvalue weighted by molar-refractivity contribution is 7.98. The Hall–Kier alpha value is -2.67. The fourth-order valence-electron chi connectivity index (χ4n) is 3.98. The minimum atomic E-state index is -0.530. The van der Waals surface area contributed by atoms with Crippen molar-refractivity contribution in [2.45, 2.75) is 43.6 Å². The van der Waals surface area contributed by atoms with E-state index in [2.05, 4.69) is 0 Å². The summed E-state index contributed by atoms with van der Waals surface area (Å²) in [6.45, 7) is 1.93. The van der Waals surface area contributed by atoms with Crippen LogP contribution in [0.15, 0.2) is 34.0 Å². The average Bonchev–Trinajstić information content (AvgIpc) is 3.01. The lowest BCUT2D eigenvalue weighted by atomic mass is 9.96. The standard InChI is InChI=1S/C24H28O6S/c1-6-7-21(26)30-18-10-8-14-12-19(27-2)23(28-3)24(29-4)22(14)15-9-11-20(31-5)17(25)13-16(15)18/h9,11-13,18H,6-8,10H2,1-5H3/t18-/m0/s1. The molecule has 0 saturated carbocycles. The van der Waals surface area contributed by atoms with Crippen LogP contribution in [0.4, 0.5) is 0 Å². The minimum Gasteiger partial charge on any atom is -0.493 e. The zero-order chi connectivity index (χ0) is 22.5. The molecule has 1 aliphatic rings. The molecule has 0 unspecified atom stereocenters. The van der Waals surface area contributed by atoms with Crippen LogP contribution in [0.3, 0.4) is 0 Å². The predicted octanol–water partition coefficient (Wildman–Crippen LogP) is 4.79. The average molecular weight is 445 g/mol. The van der Waals surface area contributed by atoms with Gasteiger partial charge in [-0.15, -0.1) is 11.8 Å². The van der Waals surface area contributed by atoms with Gasteiger partial charge in [-0.25, -0.2) is 0 Å². The molecule has 31 heavy (non-hydrogen) atoms. The van der Waals surface area contributed by atoms with Gasteiger partial charge in [-0.2, -0.15) is 0 Å². The molecule has 0 aliphatic heterocycles. The number of hydrogen-bond donors (Lipinski definition) is 0. The van der Waals surface area contributed by atoms with Crippen LogP contribution in [-0.4, -0.2) is 33.6 Å². The lowest BCUT2D eigenvalue weighted by Gasteiger charge is -2.19. The second-order valence-electron chi connectivity index (χ2n) is 7.23. The Kier molecular flexibility index (Phi) is 7.49. The first-order valence-electron chi connectivity index (χ1n) is 10.2. The molecular formula is C24H28O6S. The van der Waals surface area contributed by atoms with Gasteiger partial charge >= 0.3 is 5.97 Å². The van der Waals surface area contributed by atoms with Crippen LogP contribution in [0.5, 0.6) is 17.2 Å². The normalized spacial score (nSPS) is 14.7. The Labute approximate surface area is 186 Å². The van der Waals surface area contributed by atoms with Crippen LogP contribution < -0.4 is 19.6 Å². The van der Waals surface area contributed by atoms with E-state index in [1.54, 1.807) is 27.4 Å². The van der Waals surface area contributed by atoms with Crippen LogP contribution in [0.1, 0.15) is 43.4 Å². The maximum atomic E-state index is 12.8. The van der Waals surface area contributed by atoms with Crippen LogP contribution in [0.25, 0.3) is 11.1 Å². The van der Waals surface area contributed by atoms with Gasteiger partial charge in [0.05, 0.1) is 26.2 Å². The van der Waals surface area contributed by atoms with Gasteiger partial charge in [0.1, 0.15) is 6.10 Å². The van der Waals surface area contributed by atoms with Crippen LogP contribution >= 0.6 is 11.8 Å². The summed E-state index contributed by atoms with van der Waals surface area (Å²) in [7, 11) is 4.72. The van der Waals surface area contributed by atoms with Crippen molar-refractivity contribution in [1.82, 2.24) is 0 Å². The highest BCUT2D eigenvalue weighted by atomic mass is 32.2. The molecule has 1 aliphatic carbocycles. The summed E-state index contributed by atoms with van der Waals surface area (Å²) in [5.41, 5.74) is 3.17. The zero-order valence-electron chi connectivity index (χ0n) is 18.6. The summed E-state index contributed by atoms with van der Waals surface area (Å²) in [4.78, 5) is 25.8. The Balaban J connectivity index is 2.33. The van der Waals surface area contributed by atoms with Gasteiger partial charge < -0.3 is 18.9 Å². The second-order valence-corrected chi connectivity index (χ2v) is 8.07. The zero-order valence-corrected chi connectivity index (χ0v) is 19.4. The van der Waals surface area contributed by atoms with Crippen molar-refractivity contribution >= 4 is 17.7 Å². The van der Waals surface area contributed by atoms with Gasteiger partial charge in [-0.05, 0) is 54.8 Å². The molecular weight excluding hydrogens is 416 g/mol. The number of methoxy groups -OCH3 is 3. The largest absolute Gasteiger partial charge is 0.493 e. The Morgan fingerprint density at radius 2 is 1.84 bits per heavy atom. The summed E-state index contributed by atoms with van der Waals surface area (Å²) in [6.07, 6.45) is 3.54. The highest BCUT2D eigenvalue weighted by Crippen LogP contribution is 2.50. The number of benzene rings is 1. The van der Waals surface area contributed by atoms with E-state index in [0.29, 0.717) is 53.4 Å². The molecule has 1 atom stereocenters. The number of aryl methyl sites for hydroxylation is 1. The number of fused-ring (bicyclic) bond motifs is 3. The molecule has 166 valence electrons. The van der Waals surface area contributed by atoms with Gasteiger partial charge in [0, 0.05) is 17.5 Å². The molecule has 0 saturated heterocycles. The molecule has 0 radical (unpaired) electrons. The monoisotopic (exact) mass is 444 g/mol. The predicted molar refractivity (Wildman–Crippen MR) is 122 cm³/mol. The van der Waals surface area contributed by atoms with Crippen molar-refractivity contribution in [1.29, 1.82) is 0 Å². The first-order chi connectivity index (χ1) is 15.0. The fraction of sp³-hybridized carbons (Fsp3) is 0.417. The SMILES string of the molecule is CCCC(=O)O[C@H]1CCc2cc(OC)c(OC)c(OC)c2-c2ccc(SC)c(=O)cc21. The van der Waals surface area contributed by atoms with Gasteiger partial charge in [0.25, 0.3) is 0 Å². The van der Waals surface area contributed by atoms with E-state index in [1.807, 2.05) is 31.4 Å². The maximum absolute atomic E-state index is 12.8. The van der Waals surface area contributed by atoms with E-state index < -0.39 is 6.10 Å². The van der Waals surface area contributed by atoms with Gasteiger partial charge in [0.2, 0.25) is 5.75 Å². The van der Waals surface area contributed by atoms with Gasteiger partial charge in [-0.1, -0.05) is 13.0 Å². The molecule has 6 nitrogen and oxygen atoms in total. The quantitative estimate of drug-likeness (QED) is 0.449. The molecule has 0 spiro atoms. The van der Waals surface area contributed by atoms with Crippen LogP contribution in [0.2, 0.25) is 0 Å². The van der Waals surface area contributed by atoms with Crippen molar-refractivity contribution in [3.63, 3.8) is 0 Å². The molecule has 3 rings (SSSR count). The summed E-state index contributed by atoms with van der Waals surface area (Å²) in [6, 6.07) is 7.23. The van der Waals surface area contributed by atoms with E-state index >= 15 is 0 Å². The van der Waals surface area contributed by atoms with E-state index in [4.69, 9.17) is 18.9 Å². The number of hydrogen-bond acceptors (Lipinski definition) is 7. The number of carbonyl (C=O) groups excluding carboxylic acids is 1. The molecule has 0 fully saturated rings. The third kappa shape index (κ3) is 4.51. The first-order valence-corrected chi connectivity index (χ1v) is 11.4. The maximum Gasteiger partial charge on any atom is 0.306 e. The Morgan fingerprint density at radius 3 is 2.45 bits per heavy atom. The summed E-state index contributed by atoms with van der Waals surface area (Å²) >= 11 is 1.38. The van der Waals surface area contributed by atoms with Crippen molar-refractivity contribution in [3.8, 4) is 28.4 Å². The Morgan fingerprint density at radius 1 is 1.10 bits per heavy atom. The number of thioether (sulfide) groups is 1.